The van der Waals surface area contributed by atoms with Gasteiger partial charge in [0.2, 0.25) is 0 Å². The van der Waals surface area contributed by atoms with Gasteiger partial charge in [-0.2, -0.15) is 0 Å². The summed E-state index contributed by atoms with van der Waals surface area (Å²) in [5, 5.41) is 12.2. The highest BCUT2D eigenvalue weighted by Gasteiger charge is 2.13. The van der Waals surface area contributed by atoms with Gasteiger partial charge in [-0.25, -0.2) is 4.39 Å². The summed E-state index contributed by atoms with van der Waals surface area (Å²) >= 11 is 10.5. The molecule has 0 saturated heterocycles. The van der Waals surface area contributed by atoms with Crippen LogP contribution in [0, 0.1) is 5.82 Å². The fourth-order valence-corrected chi connectivity index (χ4v) is 2.89. The lowest BCUT2D eigenvalue weighted by Gasteiger charge is -2.09. The number of thiophene rings is 1. The molecule has 0 saturated carbocycles. The van der Waals surface area contributed by atoms with Gasteiger partial charge in [-0.05, 0) is 50.6 Å². The van der Waals surface area contributed by atoms with Crippen LogP contribution in [0.4, 0.5) is 4.39 Å². The van der Waals surface area contributed by atoms with E-state index in [2.05, 4.69) is 15.9 Å². The Balaban J connectivity index is 2.15. The third-order valence-corrected chi connectivity index (χ3v) is 4.16. The lowest BCUT2D eigenvalue weighted by atomic mass is 10.0. The highest BCUT2D eigenvalue weighted by Crippen LogP contribution is 2.28. The van der Waals surface area contributed by atoms with Gasteiger partial charge < -0.3 is 5.11 Å². The summed E-state index contributed by atoms with van der Waals surface area (Å²) < 4.78 is 14.5. The van der Waals surface area contributed by atoms with Crippen molar-refractivity contribution in [3.05, 3.63) is 55.4 Å². The topological polar surface area (TPSA) is 20.2 Å². The zero-order chi connectivity index (χ0) is 12.4. The minimum Gasteiger partial charge on any atom is -0.388 e. The summed E-state index contributed by atoms with van der Waals surface area (Å²) in [5.41, 5.74) is 1.25. The van der Waals surface area contributed by atoms with Crippen LogP contribution in [0.25, 0.3) is 0 Å². The number of halogens is 3. The molecule has 0 bridgehead atoms. The van der Waals surface area contributed by atoms with Crippen LogP contribution in [0.1, 0.15) is 17.2 Å². The number of benzene rings is 1. The maximum atomic E-state index is 13.5. The SMILES string of the molecule is OC(Cc1ccc(Cl)cc1F)c1csc(Br)c1. The summed E-state index contributed by atoms with van der Waals surface area (Å²) in [5.74, 6) is -0.383. The largest absolute Gasteiger partial charge is 0.388 e. The van der Waals surface area contributed by atoms with Crippen LogP contribution in [0.3, 0.4) is 0 Å². The molecule has 0 aliphatic heterocycles. The summed E-state index contributed by atoms with van der Waals surface area (Å²) in [6.45, 7) is 0. The molecule has 0 aliphatic carbocycles. The summed E-state index contributed by atoms with van der Waals surface area (Å²) in [4.78, 5) is 0. The zero-order valence-electron chi connectivity index (χ0n) is 8.66. The van der Waals surface area contributed by atoms with Gasteiger partial charge in [0.05, 0.1) is 9.89 Å². The van der Waals surface area contributed by atoms with Gasteiger partial charge in [-0.15, -0.1) is 11.3 Å². The monoisotopic (exact) mass is 334 g/mol. The van der Waals surface area contributed by atoms with Crippen molar-refractivity contribution < 1.29 is 9.50 Å². The summed E-state index contributed by atoms with van der Waals surface area (Å²) in [7, 11) is 0. The minimum absolute atomic E-state index is 0.242. The molecule has 1 atom stereocenters. The first kappa shape index (κ1) is 13.0. The second kappa shape index (κ2) is 5.48. The van der Waals surface area contributed by atoms with Gasteiger partial charge >= 0.3 is 0 Å². The van der Waals surface area contributed by atoms with Gasteiger partial charge in [0, 0.05) is 11.4 Å². The van der Waals surface area contributed by atoms with Gasteiger partial charge in [0.25, 0.3) is 0 Å². The molecule has 5 heteroatoms. The van der Waals surface area contributed by atoms with Crippen molar-refractivity contribution in [1.29, 1.82) is 0 Å². The molecule has 0 radical (unpaired) electrons. The fraction of sp³-hybridized carbons (Fsp3) is 0.167. The normalized spacial score (nSPS) is 12.7. The molecule has 0 fully saturated rings. The van der Waals surface area contributed by atoms with Crippen LogP contribution < -0.4 is 0 Å². The number of hydrogen-bond acceptors (Lipinski definition) is 2. The molecule has 0 aliphatic rings. The van der Waals surface area contributed by atoms with Crippen molar-refractivity contribution in [2.45, 2.75) is 12.5 Å². The van der Waals surface area contributed by atoms with Crippen LogP contribution >= 0.6 is 38.9 Å². The highest BCUT2D eigenvalue weighted by molar-refractivity contribution is 9.11. The second-order valence-corrected chi connectivity index (χ2v) is 6.37. The van der Waals surface area contributed by atoms with E-state index in [1.54, 1.807) is 12.1 Å². The smallest absolute Gasteiger partial charge is 0.127 e. The Hall–Kier alpha value is -0.420. The van der Waals surface area contributed by atoms with Gasteiger partial charge in [-0.1, -0.05) is 17.7 Å². The number of hydrogen-bond donors (Lipinski definition) is 1. The molecule has 1 N–H and O–H groups in total. The van der Waals surface area contributed by atoms with Crippen molar-refractivity contribution in [1.82, 2.24) is 0 Å². The molecule has 1 aromatic heterocycles. The van der Waals surface area contributed by atoms with E-state index in [0.29, 0.717) is 10.6 Å². The molecule has 0 spiro atoms. The standard InChI is InChI=1S/C12H9BrClFOS/c13-12-4-8(6-17-12)11(16)3-7-1-2-9(14)5-10(7)15/h1-2,4-6,11,16H,3H2. The summed E-state index contributed by atoms with van der Waals surface area (Å²) in [6.07, 6.45) is -0.458. The van der Waals surface area contributed by atoms with Crippen LogP contribution in [0.15, 0.2) is 33.4 Å². The van der Waals surface area contributed by atoms with Crippen LogP contribution in [-0.4, -0.2) is 5.11 Å². The molecule has 90 valence electrons. The van der Waals surface area contributed by atoms with Crippen molar-refractivity contribution in [2.75, 3.05) is 0 Å². The van der Waals surface area contributed by atoms with E-state index in [9.17, 15) is 9.50 Å². The average Bonchev–Trinajstić information content (AvgIpc) is 2.69. The third kappa shape index (κ3) is 3.28. The highest BCUT2D eigenvalue weighted by atomic mass is 79.9. The quantitative estimate of drug-likeness (QED) is 0.870. The Labute approximate surface area is 116 Å². The van der Waals surface area contributed by atoms with Crippen LogP contribution in [0.5, 0.6) is 0 Å². The molecule has 2 rings (SSSR count). The number of rotatable bonds is 3. The number of aliphatic hydroxyl groups excluding tert-OH is 1. The van der Waals surface area contributed by atoms with Gasteiger partial charge in [-0.3, -0.25) is 0 Å². The Morgan fingerprint density at radius 1 is 1.41 bits per heavy atom. The molecule has 1 heterocycles. The van der Waals surface area contributed by atoms with Gasteiger partial charge in [0.15, 0.2) is 0 Å². The van der Waals surface area contributed by atoms with E-state index in [4.69, 9.17) is 11.6 Å². The molecular weight excluding hydrogens is 327 g/mol. The molecule has 1 nitrogen and oxygen atoms in total. The van der Waals surface area contributed by atoms with E-state index in [-0.39, 0.29) is 12.2 Å². The molecule has 1 aromatic carbocycles. The van der Waals surface area contributed by atoms with E-state index < -0.39 is 6.10 Å². The van der Waals surface area contributed by atoms with Crippen molar-refractivity contribution in [2.24, 2.45) is 0 Å². The Morgan fingerprint density at radius 2 is 2.18 bits per heavy atom. The zero-order valence-corrected chi connectivity index (χ0v) is 11.8. The van der Waals surface area contributed by atoms with E-state index in [0.717, 1.165) is 9.35 Å². The van der Waals surface area contributed by atoms with Crippen molar-refractivity contribution >= 4 is 38.9 Å². The molecule has 1 unspecified atom stereocenters. The first-order valence-corrected chi connectivity index (χ1v) is 6.97. The fourth-order valence-electron chi connectivity index (χ4n) is 1.51. The molecular formula is C12H9BrClFOS. The lowest BCUT2D eigenvalue weighted by molar-refractivity contribution is 0.177. The third-order valence-electron chi connectivity index (χ3n) is 2.40. The Bertz CT molecular complexity index is 529. The molecule has 0 amide bonds. The first-order valence-electron chi connectivity index (χ1n) is 4.92. The van der Waals surface area contributed by atoms with E-state index in [1.807, 2.05) is 11.4 Å². The Morgan fingerprint density at radius 3 is 2.76 bits per heavy atom. The molecule has 2 aromatic rings. The van der Waals surface area contributed by atoms with Crippen molar-refractivity contribution in [3.63, 3.8) is 0 Å². The second-order valence-electron chi connectivity index (χ2n) is 3.64. The molecule has 17 heavy (non-hydrogen) atoms. The maximum Gasteiger partial charge on any atom is 0.127 e. The van der Waals surface area contributed by atoms with E-state index >= 15 is 0 Å². The Kier molecular flexibility index (Phi) is 4.20. The maximum absolute atomic E-state index is 13.5. The average molecular weight is 336 g/mol. The van der Waals surface area contributed by atoms with E-state index in [1.165, 1.54) is 17.4 Å². The number of aliphatic hydroxyl groups is 1. The minimum atomic E-state index is -0.701. The van der Waals surface area contributed by atoms with Crippen LogP contribution in [0.2, 0.25) is 5.02 Å². The van der Waals surface area contributed by atoms with Crippen LogP contribution in [-0.2, 0) is 6.42 Å². The predicted molar refractivity (Wildman–Crippen MR) is 72.1 cm³/mol. The van der Waals surface area contributed by atoms with Gasteiger partial charge in [0.1, 0.15) is 5.82 Å². The summed E-state index contributed by atoms with van der Waals surface area (Å²) in [6, 6.07) is 6.31. The lowest BCUT2D eigenvalue weighted by Crippen LogP contribution is -2.02. The first-order chi connectivity index (χ1) is 8.06. The van der Waals surface area contributed by atoms with Crippen molar-refractivity contribution in [3.8, 4) is 0 Å². The predicted octanol–water partition coefficient (Wildman–Crippen LogP) is 4.58.